The van der Waals surface area contributed by atoms with Gasteiger partial charge in [-0.05, 0) is 51.3 Å². The van der Waals surface area contributed by atoms with Crippen molar-refractivity contribution in [1.82, 2.24) is 4.90 Å². The van der Waals surface area contributed by atoms with Gasteiger partial charge in [0, 0.05) is 29.5 Å². The van der Waals surface area contributed by atoms with Crippen molar-refractivity contribution in [2.45, 2.75) is 51.0 Å². The van der Waals surface area contributed by atoms with Gasteiger partial charge in [-0.25, -0.2) is 0 Å². The molecule has 22 heavy (non-hydrogen) atoms. The van der Waals surface area contributed by atoms with Crippen LogP contribution in [0, 0.1) is 5.92 Å². The molecule has 3 nitrogen and oxygen atoms in total. The lowest BCUT2D eigenvalue weighted by Crippen LogP contribution is -2.49. The number of Topliss-reactive ketones (excluding diaryl/α,β-unsaturated/α-hetero) is 1. The Hall–Kier alpha value is -1.35. The average molecular weight is 299 g/mol. The fourth-order valence-electron chi connectivity index (χ4n) is 4.56. The molecule has 0 aromatic heterocycles. The summed E-state index contributed by atoms with van der Waals surface area (Å²) in [6.07, 6.45) is 8.15. The number of benzene rings is 1. The SMILES string of the molecule is O=C1CCc2c(OC[C@@H]3CCCN4CCCC[C@H]34)cccc21. The lowest BCUT2D eigenvalue weighted by molar-refractivity contribution is 0.0364. The van der Waals surface area contributed by atoms with Gasteiger partial charge in [-0.3, -0.25) is 9.69 Å². The molecule has 0 N–H and O–H groups in total. The quantitative estimate of drug-likeness (QED) is 0.856. The number of ketones is 1. The number of piperidine rings is 2. The number of carbonyl (C=O) groups is 1. The molecule has 1 aromatic carbocycles. The fourth-order valence-corrected chi connectivity index (χ4v) is 4.56. The van der Waals surface area contributed by atoms with Crippen LogP contribution in [0.2, 0.25) is 0 Å². The van der Waals surface area contributed by atoms with E-state index in [1.807, 2.05) is 18.2 Å². The summed E-state index contributed by atoms with van der Waals surface area (Å²) in [6.45, 7) is 3.36. The predicted octanol–water partition coefficient (Wildman–Crippen LogP) is 3.46. The first-order valence-corrected chi connectivity index (χ1v) is 8.85. The zero-order valence-corrected chi connectivity index (χ0v) is 13.2. The Labute approximate surface area is 132 Å². The Morgan fingerprint density at radius 3 is 2.95 bits per heavy atom. The van der Waals surface area contributed by atoms with E-state index < -0.39 is 0 Å². The lowest BCUT2D eigenvalue weighted by atomic mass is 9.84. The Bertz CT molecular complexity index is 567. The summed E-state index contributed by atoms with van der Waals surface area (Å²) in [6, 6.07) is 6.67. The molecule has 1 aromatic rings. The van der Waals surface area contributed by atoms with Gasteiger partial charge in [-0.2, -0.15) is 0 Å². The predicted molar refractivity (Wildman–Crippen MR) is 86.5 cm³/mol. The van der Waals surface area contributed by atoms with E-state index in [-0.39, 0.29) is 5.78 Å². The van der Waals surface area contributed by atoms with Crippen LogP contribution in [0.3, 0.4) is 0 Å². The van der Waals surface area contributed by atoms with Crippen molar-refractivity contribution >= 4 is 5.78 Å². The number of carbonyl (C=O) groups excluding carboxylic acids is 1. The maximum absolute atomic E-state index is 11.8. The molecule has 0 unspecified atom stereocenters. The molecular formula is C19H25NO2. The lowest BCUT2D eigenvalue weighted by Gasteiger charge is -2.44. The third kappa shape index (κ3) is 2.56. The van der Waals surface area contributed by atoms with E-state index in [1.54, 1.807) is 0 Å². The number of hydrogen-bond acceptors (Lipinski definition) is 3. The van der Waals surface area contributed by atoms with Crippen LogP contribution in [0.4, 0.5) is 0 Å². The van der Waals surface area contributed by atoms with Crippen LogP contribution >= 0.6 is 0 Å². The average Bonchev–Trinajstić information content (AvgIpc) is 2.95. The maximum Gasteiger partial charge on any atom is 0.163 e. The van der Waals surface area contributed by atoms with Crippen molar-refractivity contribution < 1.29 is 9.53 Å². The standard InChI is InChI=1S/C19H25NO2/c21-18-10-9-16-15(18)6-3-8-19(16)22-13-14-5-4-12-20-11-2-1-7-17(14)20/h3,6,8,14,17H,1-2,4-5,7,9-13H2/t14-,17+/m0/s1. The molecule has 2 aliphatic heterocycles. The van der Waals surface area contributed by atoms with Crippen molar-refractivity contribution in [3.8, 4) is 5.75 Å². The smallest absolute Gasteiger partial charge is 0.163 e. The Kier molecular flexibility index (Phi) is 3.91. The van der Waals surface area contributed by atoms with Gasteiger partial charge < -0.3 is 4.74 Å². The highest BCUT2D eigenvalue weighted by molar-refractivity contribution is 6.01. The zero-order chi connectivity index (χ0) is 14.9. The summed E-state index contributed by atoms with van der Waals surface area (Å²) in [5.41, 5.74) is 2.03. The number of rotatable bonds is 3. The summed E-state index contributed by atoms with van der Waals surface area (Å²) in [5.74, 6) is 1.88. The molecule has 3 aliphatic rings. The minimum absolute atomic E-state index is 0.275. The molecule has 2 saturated heterocycles. The van der Waals surface area contributed by atoms with Crippen molar-refractivity contribution in [3.05, 3.63) is 29.3 Å². The van der Waals surface area contributed by atoms with Gasteiger partial charge in [0.15, 0.2) is 5.78 Å². The first kappa shape index (κ1) is 14.3. The van der Waals surface area contributed by atoms with Crippen molar-refractivity contribution in [1.29, 1.82) is 0 Å². The highest BCUT2D eigenvalue weighted by atomic mass is 16.5. The minimum atomic E-state index is 0.275. The van der Waals surface area contributed by atoms with E-state index in [2.05, 4.69) is 4.90 Å². The molecule has 0 spiro atoms. The second-order valence-corrected chi connectivity index (χ2v) is 7.02. The van der Waals surface area contributed by atoms with E-state index in [0.29, 0.717) is 12.3 Å². The summed E-state index contributed by atoms with van der Waals surface area (Å²) >= 11 is 0. The van der Waals surface area contributed by atoms with Crippen LogP contribution in [0.5, 0.6) is 5.75 Å². The van der Waals surface area contributed by atoms with Gasteiger partial charge in [0.2, 0.25) is 0 Å². The zero-order valence-electron chi connectivity index (χ0n) is 13.2. The first-order valence-electron chi connectivity index (χ1n) is 8.85. The van der Waals surface area contributed by atoms with Crippen LogP contribution in [0.15, 0.2) is 18.2 Å². The molecular weight excluding hydrogens is 274 g/mol. The van der Waals surface area contributed by atoms with Gasteiger partial charge in [-0.15, -0.1) is 0 Å². The highest BCUT2D eigenvalue weighted by Crippen LogP contribution is 2.34. The van der Waals surface area contributed by atoms with Gasteiger partial charge in [-0.1, -0.05) is 18.6 Å². The van der Waals surface area contributed by atoms with E-state index in [9.17, 15) is 4.79 Å². The number of hydrogen-bond donors (Lipinski definition) is 0. The topological polar surface area (TPSA) is 29.5 Å². The fraction of sp³-hybridized carbons (Fsp3) is 0.632. The molecule has 4 rings (SSSR count). The monoisotopic (exact) mass is 299 g/mol. The van der Waals surface area contributed by atoms with Crippen molar-refractivity contribution in [2.24, 2.45) is 5.92 Å². The normalized spacial score (nSPS) is 28.3. The molecule has 0 amide bonds. The van der Waals surface area contributed by atoms with Crippen molar-refractivity contribution in [3.63, 3.8) is 0 Å². The maximum atomic E-state index is 11.8. The minimum Gasteiger partial charge on any atom is -0.493 e. The first-order chi connectivity index (χ1) is 10.8. The molecule has 1 aliphatic carbocycles. The van der Waals surface area contributed by atoms with Gasteiger partial charge in [0.1, 0.15) is 5.75 Å². The largest absolute Gasteiger partial charge is 0.493 e. The number of nitrogens with zero attached hydrogens (tertiary/aromatic N) is 1. The summed E-state index contributed by atoms with van der Waals surface area (Å²) in [5, 5.41) is 0. The third-order valence-corrected chi connectivity index (χ3v) is 5.72. The van der Waals surface area contributed by atoms with E-state index in [1.165, 1.54) is 45.2 Å². The molecule has 2 heterocycles. The van der Waals surface area contributed by atoms with Crippen molar-refractivity contribution in [2.75, 3.05) is 19.7 Å². The van der Waals surface area contributed by atoms with E-state index in [4.69, 9.17) is 4.74 Å². The Morgan fingerprint density at radius 2 is 2.00 bits per heavy atom. The molecule has 2 atom stereocenters. The van der Waals surface area contributed by atoms with Crippen LogP contribution < -0.4 is 4.74 Å². The van der Waals surface area contributed by atoms with Gasteiger partial charge >= 0.3 is 0 Å². The molecule has 0 bridgehead atoms. The summed E-state index contributed by atoms with van der Waals surface area (Å²) in [4.78, 5) is 14.5. The van der Waals surface area contributed by atoms with Crippen LogP contribution in [0.25, 0.3) is 0 Å². The second-order valence-electron chi connectivity index (χ2n) is 7.02. The molecule has 0 saturated carbocycles. The Balaban J connectivity index is 1.45. The molecule has 3 heteroatoms. The van der Waals surface area contributed by atoms with Gasteiger partial charge in [0.05, 0.1) is 6.61 Å². The summed E-state index contributed by atoms with van der Waals surface area (Å²) in [7, 11) is 0. The second kappa shape index (κ2) is 6.04. The van der Waals surface area contributed by atoms with Crippen LogP contribution in [-0.2, 0) is 6.42 Å². The molecule has 118 valence electrons. The van der Waals surface area contributed by atoms with Crippen LogP contribution in [-0.4, -0.2) is 36.4 Å². The third-order valence-electron chi connectivity index (χ3n) is 5.72. The summed E-state index contributed by atoms with van der Waals surface area (Å²) < 4.78 is 6.21. The molecule has 0 radical (unpaired) electrons. The van der Waals surface area contributed by atoms with E-state index >= 15 is 0 Å². The number of fused-ring (bicyclic) bond motifs is 2. The Morgan fingerprint density at radius 1 is 1.09 bits per heavy atom. The van der Waals surface area contributed by atoms with Gasteiger partial charge in [0.25, 0.3) is 0 Å². The number of ether oxygens (including phenoxy) is 1. The highest BCUT2D eigenvalue weighted by Gasteiger charge is 2.33. The molecule has 2 fully saturated rings. The van der Waals surface area contributed by atoms with E-state index in [0.717, 1.165) is 35.9 Å². The van der Waals surface area contributed by atoms with Crippen LogP contribution in [0.1, 0.15) is 54.4 Å².